The molecule has 0 aliphatic heterocycles. The fourth-order valence-electron chi connectivity index (χ4n) is 2.71. The third-order valence-electron chi connectivity index (χ3n) is 4.32. The van der Waals surface area contributed by atoms with E-state index in [0.717, 1.165) is 12.0 Å². The van der Waals surface area contributed by atoms with E-state index >= 15 is 0 Å². The predicted octanol–water partition coefficient (Wildman–Crippen LogP) is 3.68. The number of methoxy groups -OCH3 is 1. The van der Waals surface area contributed by atoms with Gasteiger partial charge in [0, 0.05) is 18.5 Å². The first kappa shape index (κ1) is 20.2. The number of hydrogen-bond acceptors (Lipinski definition) is 5. The summed E-state index contributed by atoms with van der Waals surface area (Å²) in [6, 6.07) is 14.0. The number of carbonyl (C=O) groups is 1. The summed E-state index contributed by atoms with van der Waals surface area (Å²) in [4.78, 5) is 22.8. The average Bonchev–Trinajstić information content (AvgIpc) is 2.68. The van der Waals surface area contributed by atoms with Crippen LogP contribution in [0.2, 0.25) is 0 Å². The highest BCUT2D eigenvalue weighted by Gasteiger charge is 2.20. The van der Waals surface area contributed by atoms with E-state index in [1.165, 1.54) is 25.3 Å². The van der Waals surface area contributed by atoms with E-state index in [0.29, 0.717) is 12.3 Å². The normalized spacial score (nSPS) is 12.7. The molecule has 0 saturated carbocycles. The molecule has 1 N–H and O–H groups in total. The Labute approximate surface area is 158 Å². The summed E-state index contributed by atoms with van der Waals surface area (Å²) in [5.74, 6) is 0.396. The van der Waals surface area contributed by atoms with Crippen molar-refractivity contribution < 1.29 is 19.2 Å². The molecular weight excluding hydrogens is 348 g/mol. The molecule has 0 spiro atoms. The van der Waals surface area contributed by atoms with Crippen molar-refractivity contribution in [1.82, 2.24) is 5.32 Å². The molecule has 0 heterocycles. The minimum atomic E-state index is -0.825. The number of amides is 1. The van der Waals surface area contributed by atoms with Crippen LogP contribution in [0.15, 0.2) is 48.5 Å². The number of ether oxygens (including phenoxy) is 2. The van der Waals surface area contributed by atoms with Crippen molar-refractivity contribution in [3.8, 4) is 11.5 Å². The van der Waals surface area contributed by atoms with Crippen LogP contribution in [-0.4, -0.2) is 30.6 Å². The lowest BCUT2D eigenvalue weighted by Crippen LogP contribution is -2.38. The van der Waals surface area contributed by atoms with Crippen LogP contribution in [0.25, 0.3) is 0 Å². The molecule has 144 valence electrons. The van der Waals surface area contributed by atoms with Gasteiger partial charge >= 0.3 is 0 Å². The highest BCUT2D eigenvalue weighted by Crippen LogP contribution is 2.32. The number of nitrogens with one attached hydrogen (secondary N) is 1. The summed E-state index contributed by atoms with van der Waals surface area (Å²) in [6.45, 7) is 4.15. The van der Waals surface area contributed by atoms with Crippen molar-refractivity contribution >= 4 is 11.6 Å². The molecule has 27 heavy (non-hydrogen) atoms. The van der Waals surface area contributed by atoms with Gasteiger partial charge in [0.1, 0.15) is 0 Å². The second-order valence-electron chi connectivity index (χ2n) is 6.11. The maximum absolute atomic E-state index is 12.4. The van der Waals surface area contributed by atoms with E-state index < -0.39 is 11.0 Å². The first-order valence-corrected chi connectivity index (χ1v) is 8.78. The van der Waals surface area contributed by atoms with Crippen LogP contribution in [0.4, 0.5) is 5.69 Å². The van der Waals surface area contributed by atoms with Crippen molar-refractivity contribution in [1.29, 1.82) is 0 Å². The molecular formula is C20H24N2O5. The van der Waals surface area contributed by atoms with Gasteiger partial charge in [-0.1, -0.05) is 37.3 Å². The van der Waals surface area contributed by atoms with Gasteiger partial charge in [-0.15, -0.1) is 0 Å². The minimum Gasteiger partial charge on any atom is -0.493 e. The number of carbonyl (C=O) groups excluding carboxylic acids is 1. The third-order valence-corrected chi connectivity index (χ3v) is 4.32. The van der Waals surface area contributed by atoms with Gasteiger partial charge in [0.05, 0.1) is 18.1 Å². The molecule has 7 nitrogen and oxygen atoms in total. The van der Waals surface area contributed by atoms with Gasteiger partial charge in [0.2, 0.25) is 0 Å². The van der Waals surface area contributed by atoms with E-state index in [1.807, 2.05) is 30.3 Å². The smallest absolute Gasteiger partial charge is 0.273 e. The van der Waals surface area contributed by atoms with Crippen molar-refractivity contribution in [3.05, 3.63) is 64.2 Å². The quantitative estimate of drug-likeness (QED) is 0.536. The van der Waals surface area contributed by atoms with E-state index in [2.05, 4.69) is 12.2 Å². The van der Waals surface area contributed by atoms with Gasteiger partial charge in [0.15, 0.2) is 17.6 Å². The monoisotopic (exact) mass is 372 g/mol. The number of benzene rings is 2. The standard InChI is InChI=1S/C20H24N2O5/c1-4-15(16-8-6-5-7-9-16)13-21-20(23)14(2)27-19-12-17(22(24)25)10-11-18(19)26-3/h5-12,14-15H,4,13H2,1-3H3,(H,21,23)/t14-,15-/m0/s1. The van der Waals surface area contributed by atoms with Crippen LogP contribution in [-0.2, 0) is 4.79 Å². The van der Waals surface area contributed by atoms with Gasteiger partial charge in [-0.3, -0.25) is 14.9 Å². The van der Waals surface area contributed by atoms with E-state index in [-0.39, 0.29) is 23.3 Å². The maximum Gasteiger partial charge on any atom is 0.273 e. The van der Waals surface area contributed by atoms with Crippen LogP contribution >= 0.6 is 0 Å². The molecule has 0 bridgehead atoms. The molecule has 2 rings (SSSR count). The molecule has 2 aromatic rings. The number of hydrogen-bond donors (Lipinski definition) is 1. The second-order valence-corrected chi connectivity index (χ2v) is 6.11. The van der Waals surface area contributed by atoms with Gasteiger partial charge in [-0.2, -0.15) is 0 Å². The summed E-state index contributed by atoms with van der Waals surface area (Å²) >= 11 is 0. The zero-order valence-electron chi connectivity index (χ0n) is 15.7. The maximum atomic E-state index is 12.4. The molecule has 0 radical (unpaired) electrons. The Bertz CT molecular complexity index is 779. The lowest BCUT2D eigenvalue weighted by atomic mass is 9.96. The average molecular weight is 372 g/mol. The number of rotatable bonds is 9. The fraction of sp³-hybridized carbons (Fsp3) is 0.350. The SMILES string of the molecule is CC[C@@H](CNC(=O)[C@H](C)Oc1cc([N+](=O)[O-])ccc1OC)c1ccccc1. The molecule has 0 unspecified atom stereocenters. The zero-order chi connectivity index (χ0) is 19.8. The highest BCUT2D eigenvalue weighted by molar-refractivity contribution is 5.80. The Morgan fingerprint density at radius 3 is 2.48 bits per heavy atom. The molecule has 0 aliphatic rings. The van der Waals surface area contributed by atoms with E-state index in [4.69, 9.17) is 9.47 Å². The summed E-state index contributed by atoms with van der Waals surface area (Å²) in [6.07, 6.45) is 0.0623. The molecule has 7 heteroatoms. The van der Waals surface area contributed by atoms with Crippen molar-refractivity contribution in [2.24, 2.45) is 0 Å². The van der Waals surface area contributed by atoms with Gasteiger partial charge in [0.25, 0.3) is 11.6 Å². The van der Waals surface area contributed by atoms with Gasteiger partial charge in [-0.05, 0) is 25.0 Å². The van der Waals surface area contributed by atoms with E-state index in [1.54, 1.807) is 6.92 Å². The summed E-state index contributed by atoms with van der Waals surface area (Å²) in [7, 11) is 1.43. The minimum absolute atomic E-state index is 0.131. The molecule has 0 aliphatic carbocycles. The van der Waals surface area contributed by atoms with Crippen LogP contribution in [0.3, 0.4) is 0 Å². The Morgan fingerprint density at radius 1 is 1.19 bits per heavy atom. The Balaban J connectivity index is 2.01. The van der Waals surface area contributed by atoms with Gasteiger partial charge in [-0.25, -0.2) is 0 Å². The summed E-state index contributed by atoms with van der Waals surface area (Å²) in [5.41, 5.74) is 1.03. The second kappa shape index (κ2) is 9.56. The van der Waals surface area contributed by atoms with Crippen LogP contribution < -0.4 is 14.8 Å². The first-order chi connectivity index (χ1) is 13.0. The Kier molecular flexibility index (Phi) is 7.16. The van der Waals surface area contributed by atoms with Crippen molar-refractivity contribution in [2.75, 3.05) is 13.7 Å². The van der Waals surface area contributed by atoms with Gasteiger partial charge < -0.3 is 14.8 Å². The summed E-state index contributed by atoms with van der Waals surface area (Å²) in [5, 5.41) is 13.8. The molecule has 0 saturated heterocycles. The number of nitrogens with zero attached hydrogens (tertiary/aromatic N) is 1. The molecule has 0 fully saturated rings. The topological polar surface area (TPSA) is 90.7 Å². The number of nitro benzene ring substituents is 1. The van der Waals surface area contributed by atoms with Crippen LogP contribution in [0, 0.1) is 10.1 Å². The highest BCUT2D eigenvalue weighted by atomic mass is 16.6. The predicted molar refractivity (Wildman–Crippen MR) is 102 cm³/mol. The lowest BCUT2D eigenvalue weighted by Gasteiger charge is -2.19. The zero-order valence-corrected chi connectivity index (χ0v) is 15.7. The Hall–Kier alpha value is -3.09. The van der Waals surface area contributed by atoms with E-state index in [9.17, 15) is 14.9 Å². The lowest BCUT2D eigenvalue weighted by molar-refractivity contribution is -0.385. The molecule has 0 aromatic heterocycles. The third kappa shape index (κ3) is 5.44. The fourth-order valence-corrected chi connectivity index (χ4v) is 2.71. The number of non-ortho nitro benzene ring substituents is 1. The van der Waals surface area contributed by atoms with Crippen LogP contribution in [0.1, 0.15) is 31.7 Å². The largest absolute Gasteiger partial charge is 0.493 e. The number of nitro groups is 1. The van der Waals surface area contributed by atoms with Crippen LogP contribution in [0.5, 0.6) is 11.5 Å². The van der Waals surface area contributed by atoms with Crippen molar-refractivity contribution in [3.63, 3.8) is 0 Å². The summed E-state index contributed by atoms with van der Waals surface area (Å²) < 4.78 is 10.8. The molecule has 1 amide bonds. The Morgan fingerprint density at radius 2 is 1.89 bits per heavy atom. The van der Waals surface area contributed by atoms with Crippen molar-refractivity contribution in [2.45, 2.75) is 32.3 Å². The molecule has 2 aromatic carbocycles. The molecule has 2 atom stereocenters. The first-order valence-electron chi connectivity index (χ1n) is 8.78.